The second-order valence-electron chi connectivity index (χ2n) is 4.63. The van der Waals surface area contributed by atoms with E-state index in [1.807, 2.05) is 23.8 Å². The van der Waals surface area contributed by atoms with Crippen molar-refractivity contribution in [1.29, 1.82) is 0 Å². The number of hydrogen-bond donors (Lipinski definition) is 1. The van der Waals surface area contributed by atoms with E-state index < -0.39 is 23.5 Å². The first kappa shape index (κ1) is 15.1. The zero-order valence-corrected chi connectivity index (χ0v) is 11.9. The van der Waals surface area contributed by atoms with Crippen LogP contribution in [0.3, 0.4) is 0 Å². The molecule has 1 heterocycles. The largest absolute Gasteiger partial charge is 0.309 e. The predicted octanol–water partition coefficient (Wildman–Crippen LogP) is 4.45. The Morgan fingerprint density at radius 3 is 2.45 bits per heavy atom. The van der Waals surface area contributed by atoms with Crippen molar-refractivity contribution in [3.05, 3.63) is 57.5 Å². The van der Waals surface area contributed by atoms with Gasteiger partial charge in [-0.1, -0.05) is 6.92 Å². The second-order valence-corrected chi connectivity index (χ2v) is 5.41. The molecule has 1 atom stereocenters. The first-order chi connectivity index (χ1) is 9.61. The van der Waals surface area contributed by atoms with Crippen molar-refractivity contribution in [2.24, 2.45) is 0 Å². The highest BCUT2D eigenvalue weighted by Gasteiger charge is 2.21. The Kier molecular flexibility index (Phi) is 5.20. The van der Waals surface area contributed by atoms with Crippen LogP contribution in [0.2, 0.25) is 0 Å². The molecule has 2 aromatic rings. The predicted molar refractivity (Wildman–Crippen MR) is 75.4 cm³/mol. The Morgan fingerprint density at radius 1 is 1.20 bits per heavy atom. The Labute approximate surface area is 120 Å². The Morgan fingerprint density at radius 2 is 1.90 bits per heavy atom. The van der Waals surface area contributed by atoms with Gasteiger partial charge in [-0.3, -0.25) is 0 Å². The standard InChI is InChI=1S/C15H16F3NS/c1-2-4-19-14(6-10-3-5-20-9-10)15-12(17)7-11(16)8-13(15)18/h3,5,7-9,14,19H,2,4,6H2,1H3. The number of thiophene rings is 1. The van der Waals surface area contributed by atoms with E-state index in [4.69, 9.17) is 0 Å². The van der Waals surface area contributed by atoms with Crippen molar-refractivity contribution >= 4 is 11.3 Å². The van der Waals surface area contributed by atoms with Crippen molar-refractivity contribution in [3.8, 4) is 0 Å². The highest BCUT2D eigenvalue weighted by atomic mass is 32.1. The first-order valence-corrected chi connectivity index (χ1v) is 7.45. The number of halogens is 3. The van der Waals surface area contributed by atoms with Gasteiger partial charge in [-0.2, -0.15) is 11.3 Å². The number of hydrogen-bond acceptors (Lipinski definition) is 2. The zero-order chi connectivity index (χ0) is 14.5. The van der Waals surface area contributed by atoms with E-state index in [1.54, 1.807) is 0 Å². The van der Waals surface area contributed by atoms with Crippen LogP contribution in [0.15, 0.2) is 29.0 Å². The summed E-state index contributed by atoms with van der Waals surface area (Å²) in [7, 11) is 0. The molecule has 0 aliphatic heterocycles. The summed E-state index contributed by atoms with van der Waals surface area (Å²) in [6.07, 6.45) is 1.33. The van der Waals surface area contributed by atoms with Crippen LogP contribution in [0.5, 0.6) is 0 Å². The molecule has 0 radical (unpaired) electrons. The molecule has 5 heteroatoms. The maximum Gasteiger partial charge on any atom is 0.133 e. The topological polar surface area (TPSA) is 12.0 Å². The second kappa shape index (κ2) is 6.90. The summed E-state index contributed by atoms with van der Waals surface area (Å²) >= 11 is 1.54. The summed E-state index contributed by atoms with van der Waals surface area (Å²) in [4.78, 5) is 0. The average molecular weight is 299 g/mol. The molecule has 1 unspecified atom stereocenters. The van der Waals surface area contributed by atoms with Crippen molar-refractivity contribution < 1.29 is 13.2 Å². The van der Waals surface area contributed by atoms with E-state index >= 15 is 0 Å². The molecule has 0 aliphatic rings. The molecule has 0 bridgehead atoms. The summed E-state index contributed by atoms with van der Waals surface area (Å²) in [5.74, 6) is -2.58. The molecule has 1 aromatic heterocycles. The van der Waals surface area contributed by atoms with Crippen LogP contribution in [0, 0.1) is 17.5 Å². The fourth-order valence-corrected chi connectivity index (χ4v) is 2.81. The molecule has 0 saturated carbocycles. The first-order valence-electron chi connectivity index (χ1n) is 6.50. The highest BCUT2D eigenvalue weighted by Crippen LogP contribution is 2.26. The van der Waals surface area contributed by atoms with Gasteiger partial charge in [0.15, 0.2) is 0 Å². The van der Waals surface area contributed by atoms with Crippen molar-refractivity contribution in [2.75, 3.05) is 6.54 Å². The lowest BCUT2D eigenvalue weighted by Crippen LogP contribution is -2.26. The molecule has 0 spiro atoms. The van der Waals surface area contributed by atoms with Crippen molar-refractivity contribution in [3.63, 3.8) is 0 Å². The quantitative estimate of drug-likeness (QED) is 0.831. The van der Waals surface area contributed by atoms with Gasteiger partial charge >= 0.3 is 0 Å². The molecule has 2 rings (SSSR count). The van der Waals surface area contributed by atoms with Crippen LogP contribution in [0.4, 0.5) is 13.2 Å². The van der Waals surface area contributed by atoms with Crippen LogP contribution in [-0.4, -0.2) is 6.54 Å². The zero-order valence-electron chi connectivity index (χ0n) is 11.1. The van der Waals surface area contributed by atoms with E-state index in [2.05, 4.69) is 5.32 Å². The lowest BCUT2D eigenvalue weighted by atomic mass is 9.99. The number of nitrogens with one attached hydrogen (secondary N) is 1. The minimum atomic E-state index is -0.895. The summed E-state index contributed by atoms with van der Waals surface area (Å²) in [6, 6.07) is 2.88. The Hall–Kier alpha value is -1.33. The summed E-state index contributed by atoms with van der Waals surface area (Å²) in [5.41, 5.74) is 0.915. The van der Waals surface area contributed by atoms with Gasteiger partial charge in [0.1, 0.15) is 17.5 Å². The number of rotatable bonds is 6. The van der Waals surface area contributed by atoms with E-state index in [9.17, 15) is 13.2 Å². The summed E-state index contributed by atoms with van der Waals surface area (Å²) in [6.45, 7) is 2.62. The minimum Gasteiger partial charge on any atom is -0.309 e. The summed E-state index contributed by atoms with van der Waals surface area (Å²) < 4.78 is 40.8. The van der Waals surface area contributed by atoms with E-state index in [0.717, 1.165) is 24.1 Å². The Bertz CT molecular complexity index is 531. The third-order valence-corrected chi connectivity index (χ3v) is 3.79. The van der Waals surface area contributed by atoms with Crippen molar-refractivity contribution in [2.45, 2.75) is 25.8 Å². The minimum absolute atomic E-state index is 0.0916. The molecule has 0 amide bonds. The molecule has 108 valence electrons. The molecular weight excluding hydrogens is 283 g/mol. The Balaban J connectivity index is 2.30. The molecule has 0 aliphatic carbocycles. The van der Waals surface area contributed by atoms with Gasteiger partial charge in [0.2, 0.25) is 0 Å². The van der Waals surface area contributed by atoms with E-state index in [-0.39, 0.29) is 5.56 Å². The normalized spacial score (nSPS) is 12.6. The van der Waals surface area contributed by atoms with E-state index in [1.165, 1.54) is 11.3 Å². The molecule has 1 nitrogen and oxygen atoms in total. The molecular formula is C15H16F3NS. The van der Waals surface area contributed by atoms with Gasteiger partial charge in [-0.25, -0.2) is 13.2 Å². The van der Waals surface area contributed by atoms with Gasteiger partial charge in [0, 0.05) is 23.7 Å². The number of benzene rings is 1. The van der Waals surface area contributed by atoms with Gasteiger partial charge < -0.3 is 5.32 Å². The van der Waals surface area contributed by atoms with Crippen molar-refractivity contribution in [1.82, 2.24) is 5.32 Å². The molecule has 0 fully saturated rings. The third kappa shape index (κ3) is 3.61. The monoisotopic (exact) mass is 299 g/mol. The highest BCUT2D eigenvalue weighted by molar-refractivity contribution is 7.07. The van der Waals surface area contributed by atoms with Gasteiger partial charge in [0.05, 0.1) is 0 Å². The summed E-state index contributed by atoms with van der Waals surface area (Å²) in [5, 5.41) is 6.99. The van der Waals surface area contributed by atoms with Gasteiger partial charge in [-0.05, 0) is 41.8 Å². The average Bonchev–Trinajstić information content (AvgIpc) is 2.87. The third-order valence-electron chi connectivity index (χ3n) is 3.05. The van der Waals surface area contributed by atoms with Gasteiger partial charge in [-0.15, -0.1) is 0 Å². The SMILES string of the molecule is CCCNC(Cc1ccsc1)c1c(F)cc(F)cc1F. The molecule has 20 heavy (non-hydrogen) atoms. The fourth-order valence-electron chi connectivity index (χ4n) is 2.13. The lowest BCUT2D eigenvalue weighted by Gasteiger charge is -2.20. The maximum absolute atomic E-state index is 13.9. The van der Waals surface area contributed by atoms with Crippen LogP contribution in [-0.2, 0) is 6.42 Å². The van der Waals surface area contributed by atoms with Crippen LogP contribution < -0.4 is 5.32 Å². The fraction of sp³-hybridized carbons (Fsp3) is 0.333. The maximum atomic E-state index is 13.9. The molecule has 1 N–H and O–H groups in total. The van der Waals surface area contributed by atoms with Crippen LogP contribution >= 0.6 is 11.3 Å². The van der Waals surface area contributed by atoms with Crippen LogP contribution in [0.25, 0.3) is 0 Å². The smallest absolute Gasteiger partial charge is 0.133 e. The van der Waals surface area contributed by atoms with E-state index in [0.29, 0.717) is 13.0 Å². The molecule has 0 saturated heterocycles. The lowest BCUT2D eigenvalue weighted by molar-refractivity contribution is 0.455. The van der Waals surface area contributed by atoms with Gasteiger partial charge in [0.25, 0.3) is 0 Å². The molecule has 1 aromatic carbocycles. The van der Waals surface area contributed by atoms with Crippen LogP contribution in [0.1, 0.15) is 30.5 Å².